The molecule has 0 amide bonds. The molecule has 2 saturated heterocycles. The van der Waals surface area contributed by atoms with Crippen LogP contribution < -0.4 is 10.1 Å². The summed E-state index contributed by atoms with van der Waals surface area (Å²) in [7, 11) is 1.80. The molecule has 2 heterocycles. The molecule has 2 aromatic carbocycles. The first-order valence-electron chi connectivity index (χ1n) is 9.46. The molecular formula is C21H28N2O2. The van der Waals surface area contributed by atoms with Crippen LogP contribution in [0, 0.1) is 5.92 Å². The van der Waals surface area contributed by atoms with E-state index in [0.29, 0.717) is 12.0 Å². The molecule has 0 bridgehead atoms. The van der Waals surface area contributed by atoms with Crippen LogP contribution >= 0.6 is 0 Å². The van der Waals surface area contributed by atoms with Crippen molar-refractivity contribution >= 4 is 10.8 Å². The van der Waals surface area contributed by atoms with E-state index < -0.39 is 0 Å². The van der Waals surface area contributed by atoms with E-state index in [9.17, 15) is 0 Å². The maximum Gasteiger partial charge on any atom is 0.124 e. The molecule has 134 valence electrons. The average molecular weight is 340 g/mol. The number of benzene rings is 2. The first-order valence-corrected chi connectivity index (χ1v) is 9.46. The molecule has 4 nitrogen and oxygen atoms in total. The van der Waals surface area contributed by atoms with Gasteiger partial charge in [0.25, 0.3) is 0 Å². The number of nitrogens with one attached hydrogen (secondary N) is 1. The van der Waals surface area contributed by atoms with Crippen LogP contribution in [0.15, 0.2) is 36.4 Å². The standard InChI is InChI=1S/C21H28N2O2/c1-24-19-7-6-16-4-2-3-5-18(16)20(19)21(17-8-14-25-15-9-17)23-12-10-22-11-13-23/h2-7,17,21-22H,8-15H2,1H3/t21-/m1/s1. The van der Waals surface area contributed by atoms with Crippen LogP contribution in [0.4, 0.5) is 0 Å². The molecule has 2 aliphatic rings. The first-order chi connectivity index (χ1) is 12.4. The van der Waals surface area contributed by atoms with Crippen molar-refractivity contribution in [3.8, 4) is 5.75 Å². The van der Waals surface area contributed by atoms with Crippen molar-refractivity contribution in [3.63, 3.8) is 0 Å². The smallest absolute Gasteiger partial charge is 0.124 e. The topological polar surface area (TPSA) is 33.7 Å². The Bertz CT molecular complexity index is 688. The number of ether oxygens (including phenoxy) is 2. The minimum Gasteiger partial charge on any atom is -0.496 e. The summed E-state index contributed by atoms with van der Waals surface area (Å²) in [6, 6.07) is 13.4. The van der Waals surface area contributed by atoms with Crippen LogP contribution in [0.5, 0.6) is 5.75 Å². The van der Waals surface area contributed by atoms with Gasteiger partial charge in [-0.2, -0.15) is 0 Å². The predicted molar refractivity (Wildman–Crippen MR) is 101 cm³/mol. The highest BCUT2D eigenvalue weighted by Crippen LogP contribution is 2.43. The maximum atomic E-state index is 5.84. The summed E-state index contributed by atoms with van der Waals surface area (Å²) in [5.41, 5.74) is 1.37. The van der Waals surface area contributed by atoms with Gasteiger partial charge in [-0.25, -0.2) is 0 Å². The molecule has 0 radical (unpaired) electrons. The summed E-state index contributed by atoms with van der Waals surface area (Å²) >= 11 is 0. The van der Waals surface area contributed by atoms with E-state index in [-0.39, 0.29) is 0 Å². The van der Waals surface area contributed by atoms with Crippen LogP contribution in [0.25, 0.3) is 10.8 Å². The molecule has 0 aliphatic carbocycles. The van der Waals surface area contributed by atoms with E-state index in [1.165, 1.54) is 16.3 Å². The third-order valence-corrected chi connectivity index (χ3v) is 5.70. The van der Waals surface area contributed by atoms with Crippen molar-refractivity contribution in [2.24, 2.45) is 5.92 Å². The van der Waals surface area contributed by atoms with Crippen molar-refractivity contribution in [1.82, 2.24) is 10.2 Å². The second-order valence-corrected chi connectivity index (χ2v) is 7.08. The minimum atomic E-state index is 0.395. The number of piperazine rings is 1. The molecule has 4 rings (SSSR count). The lowest BCUT2D eigenvalue weighted by Gasteiger charge is -2.42. The van der Waals surface area contributed by atoms with Crippen molar-refractivity contribution < 1.29 is 9.47 Å². The molecule has 4 heteroatoms. The van der Waals surface area contributed by atoms with Gasteiger partial charge in [-0.1, -0.05) is 30.3 Å². The second-order valence-electron chi connectivity index (χ2n) is 7.08. The molecule has 2 fully saturated rings. The second kappa shape index (κ2) is 7.73. The summed E-state index contributed by atoms with van der Waals surface area (Å²) in [5, 5.41) is 6.12. The summed E-state index contributed by atoms with van der Waals surface area (Å²) in [6.45, 7) is 6.06. The highest BCUT2D eigenvalue weighted by atomic mass is 16.5. The Morgan fingerprint density at radius 1 is 1.08 bits per heavy atom. The van der Waals surface area contributed by atoms with Gasteiger partial charge in [0.15, 0.2) is 0 Å². The third kappa shape index (κ3) is 3.39. The van der Waals surface area contributed by atoms with Gasteiger partial charge in [-0.3, -0.25) is 4.90 Å². The zero-order valence-corrected chi connectivity index (χ0v) is 15.0. The molecule has 2 aromatic rings. The van der Waals surface area contributed by atoms with Crippen LogP contribution in [-0.2, 0) is 4.74 Å². The fourth-order valence-electron chi connectivity index (χ4n) is 4.47. The van der Waals surface area contributed by atoms with Gasteiger partial charge in [0, 0.05) is 51.0 Å². The Balaban J connectivity index is 1.84. The largest absolute Gasteiger partial charge is 0.496 e. The lowest BCUT2D eigenvalue weighted by atomic mass is 9.83. The fraction of sp³-hybridized carbons (Fsp3) is 0.524. The number of hydrogen-bond donors (Lipinski definition) is 1. The van der Waals surface area contributed by atoms with E-state index in [1.807, 2.05) is 0 Å². The normalized spacial score (nSPS) is 21.3. The summed E-state index contributed by atoms with van der Waals surface area (Å²) in [4.78, 5) is 2.66. The number of methoxy groups -OCH3 is 1. The SMILES string of the molecule is COc1ccc2ccccc2c1[C@@H](C1CCOCC1)N1CCNCC1. The monoisotopic (exact) mass is 340 g/mol. The van der Waals surface area contributed by atoms with Crippen LogP contribution in [0.2, 0.25) is 0 Å². The molecule has 0 saturated carbocycles. The average Bonchev–Trinajstić information content (AvgIpc) is 2.70. The van der Waals surface area contributed by atoms with Crippen LogP contribution in [0.3, 0.4) is 0 Å². The van der Waals surface area contributed by atoms with Crippen LogP contribution in [-0.4, -0.2) is 51.4 Å². The molecule has 0 aromatic heterocycles. The number of fused-ring (bicyclic) bond motifs is 1. The molecule has 1 N–H and O–H groups in total. The third-order valence-electron chi connectivity index (χ3n) is 5.70. The van der Waals surface area contributed by atoms with Gasteiger partial charge in [-0.05, 0) is 35.6 Å². The quantitative estimate of drug-likeness (QED) is 0.927. The summed E-state index contributed by atoms with van der Waals surface area (Å²) < 4.78 is 11.5. The predicted octanol–water partition coefficient (Wildman–Crippen LogP) is 3.22. The van der Waals surface area contributed by atoms with Gasteiger partial charge in [0.1, 0.15) is 5.75 Å². The van der Waals surface area contributed by atoms with E-state index in [1.54, 1.807) is 7.11 Å². The van der Waals surface area contributed by atoms with Gasteiger partial charge < -0.3 is 14.8 Å². The molecular weight excluding hydrogens is 312 g/mol. The van der Waals surface area contributed by atoms with Gasteiger partial charge in [-0.15, -0.1) is 0 Å². The molecule has 0 spiro atoms. The number of hydrogen-bond acceptors (Lipinski definition) is 4. The Hall–Kier alpha value is -1.62. The zero-order chi connectivity index (χ0) is 17.1. The molecule has 1 atom stereocenters. The minimum absolute atomic E-state index is 0.395. The summed E-state index contributed by atoms with van der Waals surface area (Å²) in [6.07, 6.45) is 2.25. The van der Waals surface area contributed by atoms with Crippen molar-refractivity contribution in [2.45, 2.75) is 18.9 Å². The highest BCUT2D eigenvalue weighted by Gasteiger charge is 2.34. The van der Waals surface area contributed by atoms with Gasteiger partial charge in [0.2, 0.25) is 0 Å². The van der Waals surface area contributed by atoms with E-state index >= 15 is 0 Å². The zero-order valence-electron chi connectivity index (χ0n) is 15.0. The van der Waals surface area contributed by atoms with E-state index in [2.05, 4.69) is 46.6 Å². The van der Waals surface area contributed by atoms with Crippen LogP contribution in [0.1, 0.15) is 24.4 Å². The molecule has 2 aliphatic heterocycles. The highest BCUT2D eigenvalue weighted by molar-refractivity contribution is 5.88. The maximum absolute atomic E-state index is 5.84. The Morgan fingerprint density at radius 3 is 2.60 bits per heavy atom. The van der Waals surface area contributed by atoms with Crippen molar-refractivity contribution in [2.75, 3.05) is 46.5 Å². The summed E-state index contributed by atoms with van der Waals surface area (Å²) in [5.74, 6) is 1.64. The van der Waals surface area contributed by atoms with Gasteiger partial charge in [0.05, 0.1) is 7.11 Å². The molecule has 25 heavy (non-hydrogen) atoms. The number of rotatable bonds is 4. The molecule has 0 unspecified atom stereocenters. The van der Waals surface area contributed by atoms with E-state index in [0.717, 1.165) is 58.0 Å². The fourth-order valence-corrected chi connectivity index (χ4v) is 4.47. The van der Waals surface area contributed by atoms with Crippen molar-refractivity contribution in [3.05, 3.63) is 42.0 Å². The lowest BCUT2D eigenvalue weighted by Crippen LogP contribution is -2.47. The Morgan fingerprint density at radius 2 is 1.84 bits per heavy atom. The number of nitrogens with zero attached hydrogens (tertiary/aromatic N) is 1. The Labute approximate surface area is 150 Å². The first kappa shape index (κ1) is 16.8. The van der Waals surface area contributed by atoms with Crippen molar-refractivity contribution in [1.29, 1.82) is 0 Å². The van der Waals surface area contributed by atoms with E-state index in [4.69, 9.17) is 9.47 Å². The lowest BCUT2D eigenvalue weighted by molar-refractivity contribution is 0.0211. The Kier molecular flexibility index (Phi) is 5.20. The van der Waals surface area contributed by atoms with Gasteiger partial charge >= 0.3 is 0 Å².